The average molecular weight is 468 g/mol. The molecule has 6 nitrogen and oxygen atoms in total. The number of hydrazone groups is 1. The monoisotopic (exact) mass is 467 g/mol. The van der Waals surface area contributed by atoms with E-state index in [1.54, 1.807) is 6.08 Å². The highest BCUT2D eigenvalue weighted by atomic mass is 32.2. The molecule has 170 valence electrons. The molecule has 1 amide bonds. The molecule has 0 saturated carbocycles. The lowest BCUT2D eigenvalue weighted by molar-refractivity contribution is -0.114. The fourth-order valence-corrected chi connectivity index (χ4v) is 5.31. The number of fused-ring (bicyclic) bond motifs is 1. The molecule has 0 fully saturated rings. The first-order valence-electron chi connectivity index (χ1n) is 11.1. The van der Waals surface area contributed by atoms with Crippen LogP contribution >= 0.6 is 11.8 Å². The number of rotatable bonds is 4. The Morgan fingerprint density at radius 1 is 1.03 bits per heavy atom. The van der Waals surface area contributed by atoms with E-state index < -0.39 is 5.91 Å². The van der Waals surface area contributed by atoms with Crippen molar-refractivity contribution < 1.29 is 4.79 Å². The van der Waals surface area contributed by atoms with Gasteiger partial charge in [0.05, 0.1) is 5.57 Å². The van der Waals surface area contributed by atoms with E-state index in [1.807, 2.05) is 43.3 Å². The quantitative estimate of drug-likeness (QED) is 0.510. The second-order valence-electron chi connectivity index (χ2n) is 8.63. The summed E-state index contributed by atoms with van der Waals surface area (Å²) in [6.45, 7) is 8.27. The number of aliphatic imine (C=N–C) groups is 1. The second kappa shape index (κ2) is 8.57. The second-order valence-corrected chi connectivity index (χ2v) is 9.67. The van der Waals surface area contributed by atoms with Crippen LogP contribution in [0.4, 0.5) is 0 Å². The van der Waals surface area contributed by atoms with Crippen molar-refractivity contribution in [2.45, 2.75) is 34.1 Å². The summed E-state index contributed by atoms with van der Waals surface area (Å²) in [4.78, 5) is 17.1. The first-order valence-corrected chi connectivity index (χ1v) is 11.9. The molecular formula is C27H25N5OS. The Labute approximate surface area is 203 Å². The Morgan fingerprint density at radius 3 is 2.53 bits per heavy atom. The molecule has 3 heterocycles. The zero-order valence-corrected chi connectivity index (χ0v) is 20.4. The van der Waals surface area contributed by atoms with Crippen LogP contribution < -0.4 is 0 Å². The number of amides is 1. The third-order valence-corrected chi connectivity index (χ3v) is 6.97. The maximum Gasteiger partial charge on any atom is 0.283 e. The van der Waals surface area contributed by atoms with Gasteiger partial charge < -0.3 is 4.57 Å². The maximum atomic E-state index is 12.9. The maximum absolute atomic E-state index is 12.9. The molecule has 1 N–H and O–H groups in total. The molecular weight excluding hydrogens is 442 g/mol. The highest BCUT2D eigenvalue weighted by Gasteiger charge is 2.35. The summed E-state index contributed by atoms with van der Waals surface area (Å²) >= 11 is 1.35. The van der Waals surface area contributed by atoms with Crippen molar-refractivity contribution in [1.29, 1.82) is 5.41 Å². The Bertz CT molecular complexity index is 1430. The molecule has 2 aliphatic rings. The van der Waals surface area contributed by atoms with Crippen LogP contribution in [0.5, 0.6) is 0 Å². The molecule has 1 aromatic heterocycles. The van der Waals surface area contributed by atoms with Crippen molar-refractivity contribution in [2.24, 2.45) is 10.1 Å². The van der Waals surface area contributed by atoms with E-state index in [-0.39, 0.29) is 11.4 Å². The largest absolute Gasteiger partial charge is 0.318 e. The zero-order chi connectivity index (χ0) is 24.0. The number of carbonyl (C=O) groups is 1. The van der Waals surface area contributed by atoms with Gasteiger partial charge in [-0.25, -0.2) is 0 Å². The molecule has 2 aliphatic heterocycles. The Balaban J connectivity index is 1.47. The molecule has 0 atom stereocenters. The first kappa shape index (κ1) is 22.1. The van der Waals surface area contributed by atoms with E-state index in [1.165, 1.54) is 27.9 Å². The predicted octanol–water partition coefficient (Wildman–Crippen LogP) is 5.57. The number of nitrogens with zero attached hydrogens (tertiary/aromatic N) is 4. The summed E-state index contributed by atoms with van der Waals surface area (Å²) in [5.41, 5.74) is 7.86. The molecule has 2 aromatic carbocycles. The highest BCUT2D eigenvalue weighted by molar-refractivity contribution is 8.26. The molecule has 3 aromatic rings. The SMILES string of the molecule is Cc1ccc(-n2c(C)cc(/C=C3/C(=N)N4N=C(Cc5ccccc5)SC4=NC3=O)c2C)c(C)c1. The van der Waals surface area contributed by atoms with Crippen LogP contribution in [0.1, 0.15) is 33.6 Å². The van der Waals surface area contributed by atoms with Crippen molar-refractivity contribution in [3.63, 3.8) is 0 Å². The van der Waals surface area contributed by atoms with Crippen LogP contribution in [-0.2, 0) is 11.2 Å². The molecule has 0 radical (unpaired) electrons. The van der Waals surface area contributed by atoms with Crippen LogP contribution in [0.2, 0.25) is 0 Å². The van der Waals surface area contributed by atoms with E-state index >= 15 is 0 Å². The van der Waals surface area contributed by atoms with Crippen LogP contribution in [0.15, 0.2) is 70.3 Å². The molecule has 7 heteroatoms. The van der Waals surface area contributed by atoms with Gasteiger partial charge in [0.1, 0.15) is 5.04 Å². The van der Waals surface area contributed by atoms with Crippen molar-refractivity contribution in [3.8, 4) is 5.69 Å². The van der Waals surface area contributed by atoms with Crippen LogP contribution in [0, 0.1) is 33.1 Å². The standard InChI is InChI=1S/C27H25N5OS/c1-16-10-11-23(17(2)12-16)31-18(3)13-21(19(31)4)15-22-25(28)32-27(29-26(22)33)34-24(30-32)14-20-8-6-5-7-9-20/h5-13,15,28H,14H2,1-4H3/b22-15-,28-25?. The van der Waals surface area contributed by atoms with Gasteiger partial charge >= 0.3 is 0 Å². The van der Waals surface area contributed by atoms with Gasteiger partial charge in [0.2, 0.25) is 5.17 Å². The summed E-state index contributed by atoms with van der Waals surface area (Å²) < 4.78 is 2.19. The Morgan fingerprint density at radius 2 is 1.79 bits per heavy atom. The third kappa shape index (κ3) is 3.92. The van der Waals surface area contributed by atoms with Crippen molar-refractivity contribution in [3.05, 3.63) is 93.8 Å². The lowest BCUT2D eigenvalue weighted by Gasteiger charge is -2.20. The summed E-state index contributed by atoms with van der Waals surface area (Å²) in [6, 6.07) is 18.5. The fraction of sp³-hybridized carbons (Fsp3) is 0.185. The van der Waals surface area contributed by atoms with Crippen molar-refractivity contribution >= 4 is 39.8 Å². The van der Waals surface area contributed by atoms with E-state index in [2.05, 4.69) is 53.6 Å². The number of aryl methyl sites for hydroxylation is 3. The molecule has 5 rings (SSSR count). The Kier molecular flexibility index (Phi) is 5.57. The molecule has 0 unspecified atom stereocenters. The van der Waals surface area contributed by atoms with E-state index in [4.69, 9.17) is 5.41 Å². The molecule has 0 aliphatic carbocycles. The summed E-state index contributed by atoms with van der Waals surface area (Å²) in [5.74, 6) is -0.349. The summed E-state index contributed by atoms with van der Waals surface area (Å²) in [6.07, 6.45) is 2.40. The molecule has 0 spiro atoms. The predicted molar refractivity (Wildman–Crippen MR) is 140 cm³/mol. The number of amidine groups is 2. The van der Waals surface area contributed by atoms with Crippen molar-refractivity contribution in [2.75, 3.05) is 0 Å². The number of aromatic nitrogens is 1. The van der Waals surface area contributed by atoms with Crippen LogP contribution in [-0.4, -0.2) is 31.5 Å². The number of hydrogen-bond donors (Lipinski definition) is 1. The van der Waals surface area contributed by atoms with E-state index in [0.29, 0.717) is 11.6 Å². The van der Waals surface area contributed by atoms with E-state index in [0.717, 1.165) is 33.2 Å². The number of benzene rings is 2. The van der Waals surface area contributed by atoms with Gasteiger partial charge in [-0.05, 0) is 74.4 Å². The number of carbonyl (C=O) groups excluding carboxylic acids is 1. The van der Waals surface area contributed by atoms with Gasteiger partial charge in [0.15, 0.2) is 5.84 Å². The smallest absolute Gasteiger partial charge is 0.283 e. The van der Waals surface area contributed by atoms with E-state index in [9.17, 15) is 4.79 Å². The minimum absolute atomic E-state index is 0.0573. The van der Waals surface area contributed by atoms with Crippen LogP contribution in [0.3, 0.4) is 0 Å². The average Bonchev–Trinajstić information content (AvgIpc) is 3.32. The number of hydrogen-bond acceptors (Lipinski definition) is 4. The topological polar surface area (TPSA) is 73.8 Å². The highest BCUT2D eigenvalue weighted by Crippen LogP contribution is 2.31. The minimum atomic E-state index is -0.406. The van der Waals surface area contributed by atoms with Gasteiger partial charge in [0, 0.05) is 23.5 Å². The van der Waals surface area contributed by atoms with Gasteiger partial charge in [-0.2, -0.15) is 15.1 Å². The lowest BCUT2D eigenvalue weighted by Crippen LogP contribution is -2.35. The zero-order valence-electron chi connectivity index (χ0n) is 19.6. The summed E-state index contributed by atoms with van der Waals surface area (Å²) in [5, 5.41) is 16.0. The molecule has 0 saturated heterocycles. The first-order chi connectivity index (χ1) is 16.3. The van der Waals surface area contributed by atoms with Crippen LogP contribution in [0.25, 0.3) is 11.8 Å². The number of nitrogens with one attached hydrogen (secondary N) is 1. The molecule has 0 bridgehead atoms. The number of thioether (sulfide) groups is 1. The minimum Gasteiger partial charge on any atom is -0.318 e. The summed E-state index contributed by atoms with van der Waals surface area (Å²) in [7, 11) is 0. The van der Waals surface area contributed by atoms with Gasteiger partial charge in [0.25, 0.3) is 5.91 Å². The Hall–Kier alpha value is -3.71. The third-order valence-electron chi connectivity index (χ3n) is 6.06. The lowest BCUT2D eigenvalue weighted by atomic mass is 10.1. The van der Waals surface area contributed by atoms with Gasteiger partial charge in [-0.3, -0.25) is 10.2 Å². The van der Waals surface area contributed by atoms with Gasteiger partial charge in [-0.15, -0.1) is 0 Å². The van der Waals surface area contributed by atoms with Gasteiger partial charge in [-0.1, -0.05) is 48.0 Å². The van der Waals surface area contributed by atoms with Crippen molar-refractivity contribution in [1.82, 2.24) is 9.58 Å². The normalized spacial score (nSPS) is 16.7. The molecule has 34 heavy (non-hydrogen) atoms. The fourth-order valence-electron chi connectivity index (χ4n) is 4.39.